The van der Waals surface area contributed by atoms with Crippen molar-refractivity contribution in [1.29, 1.82) is 0 Å². The van der Waals surface area contributed by atoms with Gasteiger partial charge in [0.2, 0.25) is 5.91 Å². The lowest BCUT2D eigenvalue weighted by Crippen LogP contribution is -2.26. The van der Waals surface area contributed by atoms with E-state index in [0.717, 1.165) is 10.9 Å². The summed E-state index contributed by atoms with van der Waals surface area (Å²) in [5.41, 5.74) is 1.57. The molecule has 24 heavy (non-hydrogen) atoms. The molecule has 1 N–H and O–H groups in total. The molecule has 0 atom stereocenters. The van der Waals surface area contributed by atoms with Gasteiger partial charge in [-0.25, -0.2) is 4.39 Å². The van der Waals surface area contributed by atoms with Gasteiger partial charge in [0.15, 0.2) is 11.6 Å². The van der Waals surface area contributed by atoms with E-state index in [4.69, 9.17) is 16.3 Å². The van der Waals surface area contributed by atoms with Crippen LogP contribution in [0.4, 0.5) is 4.39 Å². The second-order valence-electron chi connectivity index (χ2n) is 5.39. The summed E-state index contributed by atoms with van der Waals surface area (Å²) in [6.45, 7) is 0.419. The molecule has 0 radical (unpaired) electrons. The predicted molar refractivity (Wildman–Crippen MR) is 91.7 cm³/mol. The molecule has 0 fully saturated rings. The Labute approximate surface area is 143 Å². The van der Waals surface area contributed by atoms with Crippen molar-refractivity contribution in [2.45, 2.75) is 13.1 Å². The quantitative estimate of drug-likeness (QED) is 0.764. The molecule has 0 unspecified atom stereocenters. The number of rotatable bonds is 5. The van der Waals surface area contributed by atoms with Crippen molar-refractivity contribution in [3.63, 3.8) is 0 Å². The Morgan fingerprint density at radius 3 is 2.83 bits per heavy atom. The summed E-state index contributed by atoms with van der Waals surface area (Å²) in [5, 5.41) is 4.42. The first kappa shape index (κ1) is 16.3. The first-order chi connectivity index (χ1) is 11.6. The van der Waals surface area contributed by atoms with E-state index in [1.165, 1.54) is 19.2 Å². The molecule has 0 saturated carbocycles. The Morgan fingerprint density at radius 2 is 2.08 bits per heavy atom. The van der Waals surface area contributed by atoms with E-state index >= 15 is 0 Å². The summed E-state index contributed by atoms with van der Waals surface area (Å²) >= 11 is 6.01. The monoisotopic (exact) mass is 346 g/mol. The molecule has 6 heteroatoms. The number of aromatic nitrogens is 1. The lowest BCUT2D eigenvalue weighted by atomic mass is 10.2. The van der Waals surface area contributed by atoms with E-state index in [1.54, 1.807) is 6.07 Å². The van der Waals surface area contributed by atoms with Gasteiger partial charge in [0.1, 0.15) is 6.54 Å². The van der Waals surface area contributed by atoms with Crippen LogP contribution < -0.4 is 10.1 Å². The summed E-state index contributed by atoms with van der Waals surface area (Å²) in [4.78, 5) is 12.1. The topological polar surface area (TPSA) is 43.3 Å². The van der Waals surface area contributed by atoms with Crippen LogP contribution in [0.15, 0.2) is 48.7 Å². The smallest absolute Gasteiger partial charge is 0.240 e. The molecule has 4 nitrogen and oxygen atoms in total. The number of methoxy groups -OCH3 is 1. The van der Waals surface area contributed by atoms with E-state index in [9.17, 15) is 9.18 Å². The molecular weight excluding hydrogens is 331 g/mol. The fourth-order valence-electron chi connectivity index (χ4n) is 2.53. The Morgan fingerprint density at radius 1 is 1.25 bits per heavy atom. The van der Waals surface area contributed by atoms with E-state index < -0.39 is 5.82 Å². The van der Waals surface area contributed by atoms with Crippen LogP contribution in [-0.2, 0) is 17.9 Å². The van der Waals surface area contributed by atoms with Crippen LogP contribution in [0.5, 0.6) is 5.75 Å². The number of carbonyl (C=O) groups is 1. The van der Waals surface area contributed by atoms with Gasteiger partial charge in [-0.05, 0) is 41.3 Å². The average Bonchev–Trinajstić information content (AvgIpc) is 2.95. The summed E-state index contributed by atoms with van der Waals surface area (Å²) in [6.07, 6.45) is 1.84. The third kappa shape index (κ3) is 3.51. The minimum atomic E-state index is -0.449. The van der Waals surface area contributed by atoms with E-state index in [2.05, 4.69) is 5.32 Å². The molecule has 1 aromatic heterocycles. The minimum absolute atomic E-state index is 0.163. The van der Waals surface area contributed by atoms with Gasteiger partial charge in [0.05, 0.1) is 7.11 Å². The highest BCUT2D eigenvalue weighted by atomic mass is 35.5. The van der Waals surface area contributed by atoms with Crippen LogP contribution in [0, 0.1) is 5.82 Å². The molecule has 0 bridgehead atoms. The first-order valence-corrected chi connectivity index (χ1v) is 7.78. The van der Waals surface area contributed by atoms with Gasteiger partial charge in [0.25, 0.3) is 0 Å². The number of hydrogen-bond acceptors (Lipinski definition) is 2. The van der Waals surface area contributed by atoms with Gasteiger partial charge in [-0.1, -0.05) is 23.7 Å². The maximum absolute atomic E-state index is 13.6. The number of fused-ring (bicyclic) bond motifs is 1. The second-order valence-corrected chi connectivity index (χ2v) is 5.83. The molecule has 0 saturated heterocycles. The number of amides is 1. The van der Waals surface area contributed by atoms with Crippen molar-refractivity contribution < 1.29 is 13.9 Å². The van der Waals surface area contributed by atoms with Crippen LogP contribution in [0.2, 0.25) is 5.02 Å². The van der Waals surface area contributed by atoms with Crippen LogP contribution >= 0.6 is 11.6 Å². The molecule has 0 aliphatic rings. The summed E-state index contributed by atoms with van der Waals surface area (Å²) in [7, 11) is 1.41. The van der Waals surface area contributed by atoms with Gasteiger partial charge < -0.3 is 14.6 Å². The Bertz CT molecular complexity index is 892. The highest BCUT2D eigenvalue weighted by molar-refractivity contribution is 6.31. The summed E-state index contributed by atoms with van der Waals surface area (Å²) < 4.78 is 20.3. The fraction of sp³-hybridized carbons (Fsp3) is 0.167. The van der Waals surface area contributed by atoms with Gasteiger partial charge in [0, 0.05) is 23.3 Å². The molecular formula is C18H16ClFN2O2. The molecule has 3 aromatic rings. The summed E-state index contributed by atoms with van der Waals surface area (Å²) in [5.74, 6) is -0.431. The van der Waals surface area contributed by atoms with Gasteiger partial charge in [-0.2, -0.15) is 0 Å². The van der Waals surface area contributed by atoms with Gasteiger partial charge in [-0.15, -0.1) is 0 Å². The van der Waals surface area contributed by atoms with Crippen molar-refractivity contribution in [1.82, 2.24) is 9.88 Å². The van der Waals surface area contributed by atoms with Gasteiger partial charge >= 0.3 is 0 Å². The largest absolute Gasteiger partial charge is 0.494 e. The lowest BCUT2D eigenvalue weighted by molar-refractivity contribution is -0.121. The van der Waals surface area contributed by atoms with E-state index in [-0.39, 0.29) is 24.7 Å². The highest BCUT2D eigenvalue weighted by Crippen LogP contribution is 2.20. The number of carbonyl (C=O) groups excluding carboxylic acids is 1. The molecule has 0 aliphatic carbocycles. The van der Waals surface area contributed by atoms with Crippen LogP contribution in [0.25, 0.3) is 10.9 Å². The Balaban J connectivity index is 1.65. The standard InChI is InChI=1S/C18H16ClFN2O2/c1-24-17-5-2-12(8-15(17)20)10-21-18(23)11-22-7-6-13-3-4-14(19)9-16(13)22/h2-9H,10-11H2,1H3,(H,21,23). The maximum Gasteiger partial charge on any atom is 0.240 e. The zero-order chi connectivity index (χ0) is 17.1. The maximum atomic E-state index is 13.6. The van der Waals surface area contributed by atoms with Crippen molar-refractivity contribution in [3.8, 4) is 5.75 Å². The number of ether oxygens (including phenoxy) is 1. The molecule has 0 spiro atoms. The Hall–Kier alpha value is -2.53. The van der Waals surface area contributed by atoms with Crippen LogP contribution in [-0.4, -0.2) is 17.6 Å². The lowest BCUT2D eigenvalue weighted by Gasteiger charge is -2.09. The SMILES string of the molecule is COc1ccc(CNC(=O)Cn2ccc3ccc(Cl)cc32)cc1F. The molecule has 1 heterocycles. The minimum Gasteiger partial charge on any atom is -0.494 e. The predicted octanol–water partition coefficient (Wildman–Crippen LogP) is 3.76. The van der Waals surface area contributed by atoms with Crippen molar-refractivity contribution in [3.05, 3.63) is 65.1 Å². The second kappa shape index (κ2) is 6.93. The van der Waals surface area contributed by atoms with E-state index in [1.807, 2.05) is 35.0 Å². The van der Waals surface area contributed by atoms with Gasteiger partial charge in [-0.3, -0.25) is 4.79 Å². The van der Waals surface area contributed by atoms with Crippen LogP contribution in [0.1, 0.15) is 5.56 Å². The normalized spacial score (nSPS) is 10.8. The molecule has 3 rings (SSSR count). The number of nitrogens with one attached hydrogen (secondary N) is 1. The van der Waals surface area contributed by atoms with Crippen molar-refractivity contribution in [2.24, 2.45) is 0 Å². The Kier molecular flexibility index (Phi) is 4.71. The molecule has 1 amide bonds. The van der Waals surface area contributed by atoms with Crippen molar-refractivity contribution in [2.75, 3.05) is 7.11 Å². The van der Waals surface area contributed by atoms with Crippen molar-refractivity contribution >= 4 is 28.4 Å². The number of halogens is 2. The van der Waals surface area contributed by atoms with Crippen LogP contribution in [0.3, 0.4) is 0 Å². The molecule has 0 aliphatic heterocycles. The number of benzene rings is 2. The first-order valence-electron chi connectivity index (χ1n) is 7.40. The molecule has 124 valence electrons. The third-order valence-corrected chi connectivity index (χ3v) is 3.99. The molecule has 2 aromatic carbocycles. The average molecular weight is 347 g/mol. The summed E-state index contributed by atoms with van der Waals surface area (Å²) in [6, 6.07) is 12.1. The highest BCUT2D eigenvalue weighted by Gasteiger charge is 2.08. The zero-order valence-electron chi connectivity index (χ0n) is 13.1. The third-order valence-electron chi connectivity index (χ3n) is 3.76. The van der Waals surface area contributed by atoms with E-state index in [0.29, 0.717) is 10.6 Å². The fourth-order valence-corrected chi connectivity index (χ4v) is 2.69. The zero-order valence-corrected chi connectivity index (χ0v) is 13.8. The number of nitrogens with zero attached hydrogens (tertiary/aromatic N) is 1. The number of hydrogen-bond donors (Lipinski definition) is 1.